The second kappa shape index (κ2) is 8.57. The van der Waals surface area contributed by atoms with Gasteiger partial charge in [0.2, 0.25) is 5.91 Å². The highest BCUT2D eigenvalue weighted by Crippen LogP contribution is 2.19. The first-order valence-electron chi connectivity index (χ1n) is 8.38. The number of pyridine rings is 2. The number of rotatable bonds is 6. The van der Waals surface area contributed by atoms with Crippen LogP contribution in [0.3, 0.4) is 0 Å². The maximum absolute atomic E-state index is 12.4. The number of hydrogen-bond donors (Lipinski definition) is 3. The van der Waals surface area contributed by atoms with E-state index in [2.05, 4.69) is 25.9 Å². The summed E-state index contributed by atoms with van der Waals surface area (Å²) < 4.78 is 0. The van der Waals surface area contributed by atoms with Gasteiger partial charge in [-0.1, -0.05) is 6.07 Å². The number of nitrogens with zero attached hydrogens (tertiary/aromatic N) is 2. The third-order valence-corrected chi connectivity index (χ3v) is 3.68. The molecule has 1 aromatic carbocycles. The molecular formula is C20H19N5O2. The van der Waals surface area contributed by atoms with Gasteiger partial charge in [0.15, 0.2) is 0 Å². The average molecular weight is 361 g/mol. The zero-order valence-corrected chi connectivity index (χ0v) is 14.8. The Balaban J connectivity index is 1.66. The van der Waals surface area contributed by atoms with Gasteiger partial charge < -0.3 is 16.0 Å². The Labute approximate surface area is 156 Å². The molecule has 2 amide bonds. The lowest BCUT2D eigenvalue weighted by molar-refractivity contribution is -0.114. The predicted molar refractivity (Wildman–Crippen MR) is 104 cm³/mol. The van der Waals surface area contributed by atoms with E-state index in [0.29, 0.717) is 23.6 Å². The van der Waals surface area contributed by atoms with Crippen molar-refractivity contribution in [2.75, 3.05) is 10.6 Å². The monoisotopic (exact) mass is 361 g/mol. The van der Waals surface area contributed by atoms with Crippen molar-refractivity contribution in [2.45, 2.75) is 13.5 Å². The first-order chi connectivity index (χ1) is 13.1. The third kappa shape index (κ3) is 5.37. The van der Waals surface area contributed by atoms with Crippen molar-refractivity contribution in [1.29, 1.82) is 0 Å². The van der Waals surface area contributed by atoms with E-state index >= 15 is 0 Å². The van der Waals surface area contributed by atoms with Gasteiger partial charge in [0.25, 0.3) is 5.91 Å². The van der Waals surface area contributed by atoms with Gasteiger partial charge >= 0.3 is 0 Å². The van der Waals surface area contributed by atoms with Crippen LogP contribution in [0.2, 0.25) is 0 Å². The molecule has 2 heterocycles. The van der Waals surface area contributed by atoms with E-state index in [1.807, 2.05) is 24.3 Å². The third-order valence-electron chi connectivity index (χ3n) is 3.68. The zero-order chi connectivity index (χ0) is 19.1. The number of aromatic nitrogens is 2. The molecule has 27 heavy (non-hydrogen) atoms. The van der Waals surface area contributed by atoms with Crippen molar-refractivity contribution in [2.24, 2.45) is 0 Å². The van der Waals surface area contributed by atoms with E-state index < -0.39 is 0 Å². The van der Waals surface area contributed by atoms with Crippen LogP contribution >= 0.6 is 0 Å². The first kappa shape index (κ1) is 18.1. The van der Waals surface area contributed by atoms with Crippen LogP contribution in [0, 0.1) is 0 Å². The summed E-state index contributed by atoms with van der Waals surface area (Å²) in [6.45, 7) is 1.88. The van der Waals surface area contributed by atoms with Gasteiger partial charge in [0.1, 0.15) is 5.82 Å². The van der Waals surface area contributed by atoms with Crippen molar-refractivity contribution < 1.29 is 9.59 Å². The topological polar surface area (TPSA) is 96.0 Å². The highest BCUT2D eigenvalue weighted by atomic mass is 16.2. The summed E-state index contributed by atoms with van der Waals surface area (Å²) in [4.78, 5) is 31.7. The fraction of sp³-hybridized carbons (Fsp3) is 0.100. The number of nitrogens with one attached hydrogen (secondary N) is 3. The Hall–Kier alpha value is -3.74. The minimum atomic E-state index is -0.191. The fourth-order valence-electron chi connectivity index (χ4n) is 2.45. The Kier molecular flexibility index (Phi) is 5.73. The Morgan fingerprint density at radius 1 is 0.963 bits per heavy atom. The summed E-state index contributed by atoms with van der Waals surface area (Å²) in [5.41, 5.74) is 2.90. The molecule has 0 aliphatic rings. The van der Waals surface area contributed by atoms with Crippen LogP contribution in [0.4, 0.5) is 17.2 Å². The second-order valence-electron chi connectivity index (χ2n) is 5.85. The predicted octanol–water partition coefficient (Wildman–Crippen LogP) is 3.11. The van der Waals surface area contributed by atoms with Crippen LogP contribution < -0.4 is 16.0 Å². The summed E-state index contributed by atoms with van der Waals surface area (Å²) in [5.74, 6) is 0.203. The van der Waals surface area contributed by atoms with Crippen LogP contribution in [0.5, 0.6) is 0 Å². The van der Waals surface area contributed by atoms with Gasteiger partial charge in [-0.3, -0.25) is 14.6 Å². The molecule has 3 N–H and O–H groups in total. The normalized spacial score (nSPS) is 10.1. The molecule has 7 nitrogen and oxygen atoms in total. The van der Waals surface area contributed by atoms with E-state index in [4.69, 9.17) is 0 Å². The average Bonchev–Trinajstić information content (AvgIpc) is 2.67. The largest absolute Gasteiger partial charge is 0.348 e. The van der Waals surface area contributed by atoms with Gasteiger partial charge in [0, 0.05) is 49.0 Å². The Morgan fingerprint density at radius 2 is 1.74 bits per heavy atom. The fourth-order valence-corrected chi connectivity index (χ4v) is 2.45. The molecule has 0 saturated carbocycles. The summed E-state index contributed by atoms with van der Waals surface area (Å²) in [5, 5.41) is 8.73. The van der Waals surface area contributed by atoms with Crippen molar-refractivity contribution >= 4 is 29.0 Å². The maximum atomic E-state index is 12.4. The number of anilines is 3. The Bertz CT molecular complexity index is 944. The molecule has 0 aliphatic heterocycles. The number of amides is 2. The molecule has 0 radical (unpaired) electrons. The highest BCUT2D eigenvalue weighted by Gasteiger charge is 2.07. The van der Waals surface area contributed by atoms with Crippen LogP contribution in [0.15, 0.2) is 67.1 Å². The van der Waals surface area contributed by atoms with Gasteiger partial charge in [0.05, 0.1) is 0 Å². The number of carbonyl (C=O) groups is 2. The lowest BCUT2D eigenvalue weighted by atomic mass is 10.2. The highest BCUT2D eigenvalue weighted by molar-refractivity contribution is 5.95. The second-order valence-corrected chi connectivity index (χ2v) is 5.85. The minimum absolute atomic E-state index is 0.141. The van der Waals surface area contributed by atoms with Crippen LogP contribution in [-0.2, 0) is 11.3 Å². The zero-order valence-electron chi connectivity index (χ0n) is 14.8. The molecule has 0 fully saturated rings. The molecule has 0 spiro atoms. The molecule has 3 rings (SSSR count). The van der Waals surface area contributed by atoms with Gasteiger partial charge in [-0.25, -0.2) is 4.98 Å². The standard InChI is InChI=1S/C20H19N5O2/c1-14(26)24-17-3-2-4-18(12-17)25-19-11-16(7-10-22-19)20(27)23-13-15-5-8-21-9-6-15/h2-12H,13H2,1H3,(H,22,25)(H,23,27)(H,24,26). The molecule has 0 unspecified atom stereocenters. The molecule has 0 atom stereocenters. The molecule has 7 heteroatoms. The van der Waals surface area contributed by atoms with Crippen molar-refractivity contribution in [1.82, 2.24) is 15.3 Å². The van der Waals surface area contributed by atoms with E-state index in [1.54, 1.807) is 42.9 Å². The lowest BCUT2D eigenvalue weighted by Gasteiger charge is -2.10. The number of benzene rings is 1. The maximum Gasteiger partial charge on any atom is 0.251 e. The molecule has 3 aromatic rings. The van der Waals surface area contributed by atoms with Crippen molar-refractivity contribution in [3.63, 3.8) is 0 Å². The smallest absolute Gasteiger partial charge is 0.251 e. The van der Waals surface area contributed by atoms with E-state index in [9.17, 15) is 9.59 Å². The van der Waals surface area contributed by atoms with Crippen LogP contribution in [0.1, 0.15) is 22.8 Å². The van der Waals surface area contributed by atoms with Gasteiger partial charge in [-0.2, -0.15) is 0 Å². The van der Waals surface area contributed by atoms with E-state index in [-0.39, 0.29) is 11.8 Å². The molecule has 0 aliphatic carbocycles. The van der Waals surface area contributed by atoms with Crippen LogP contribution in [-0.4, -0.2) is 21.8 Å². The van der Waals surface area contributed by atoms with E-state index in [1.165, 1.54) is 6.92 Å². The molecule has 2 aromatic heterocycles. The molecule has 136 valence electrons. The van der Waals surface area contributed by atoms with Crippen molar-refractivity contribution in [3.8, 4) is 0 Å². The van der Waals surface area contributed by atoms with Crippen molar-refractivity contribution in [3.05, 3.63) is 78.2 Å². The first-order valence-corrected chi connectivity index (χ1v) is 8.38. The SMILES string of the molecule is CC(=O)Nc1cccc(Nc2cc(C(=O)NCc3ccncc3)ccn2)c1. The quantitative estimate of drug-likeness (QED) is 0.627. The summed E-state index contributed by atoms with van der Waals surface area (Å²) in [6, 6.07) is 14.3. The molecular weight excluding hydrogens is 342 g/mol. The molecule has 0 saturated heterocycles. The summed E-state index contributed by atoms with van der Waals surface area (Å²) in [6.07, 6.45) is 4.94. The number of hydrogen-bond acceptors (Lipinski definition) is 5. The van der Waals surface area contributed by atoms with Gasteiger partial charge in [-0.05, 0) is 48.0 Å². The summed E-state index contributed by atoms with van der Waals surface area (Å²) >= 11 is 0. The lowest BCUT2D eigenvalue weighted by Crippen LogP contribution is -2.22. The van der Waals surface area contributed by atoms with Crippen LogP contribution in [0.25, 0.3) is 0 Å². The molecule has 0 bridgehead atoms. The summed E-state index contributed by atoms with van der Waals surface area (Å²) in [7, 11) is 0. The minimum Gasteiger partial charge on any atom is -0.348 e. The van der Waals surface area contributed by atoms with Gasteiger partial charge in [-0.15, -0.1) is 0 Å². The van der Waals surface area contributed by atoms with E-state index in [0.717, 1.165) is 11.3 Å². The number of carbonyl (C=O) groups excluding carboxylic acids is 2. The Morgan fingerprint density at radius 3 is 2.52 bits per heavy atom.